The number of anilines is 1. The topological polar surface area (TPSA) is 99.6 Å². The fraction of sp³-hybridized carbons (Fsp3) is 0.471. The Balaban J connectivity index is 1.51. The van der Waals surface area contributed by atoms with Crippen LogP contribution in [0, 0.1) is 0 Å². The average Bonchev–Trinajstić information content (AvgIpc) is 3.25. The monoisotopic (exact) mass is 355 g/mol. The molecule has 0 radical (unpaired) electrons. The van der Waals surface area contributed by atoms with Crippen LogP contribution in [0.5, 0.6) is 0 Å². The smallest absolute Gasteiger partial charge is 0.264 e. The van der Waals surface area contributed by atoms with Gasteiger partial charge in [0, 0.05) is 13.1 Å². The van der Waals surface area contributed by atoms with Crippen molar-refractivity contribution in [1.82, 2.24) is 29.1 Å². The van der Waals surface area contributed by atoms with Crippen molar-refractivity contribution in [3.05, 3.63) is 35.1 Å². The fourth-order valence-electron chi connectivity index (χ4n) is 3.55. The van der Waals surface area contributed by atoms with Gasteiger partial charge in [0.25, 0.3) is 5.56 Å². The van der Waals surface area contributed by atoms with Gasteiger partial charge in [-0.2, -0.15) is 10.2 Å². The van der Waals surface area contributed by atoms with E-state index in [2.05, 4.69) is 20.5 Å². The summed E-state index contributed by atoms with van der Waals surface area (Å²) < 4.78 is 4.72. The van der Waals surface area contributed by atoms with Crippen LogP contribution < -0.4 is 10.9 Å². The molecule has 3 aromatic heterocycles. The average molecular weight is 355 g/mol. The van der Waals surface area contributed by atoms with Crippen molar-refractivity contribution in [1.29, 1.82) is 0 Å². The van der Waals surface area contributed by atoms with E-state index in [1.54, 1.807) is 19.3 Å². The van der Waals surface area contributed by atoms with Gasteiger partial charge in [-0.15, -0.1) is 0 Å². The van der Waals surface area contributed by atoms with Crippen LogP contribution in [0.4, 0.5) is 5.82 Å². The van der Waals surface area contributed by atoms with Crippen molar-refractivity contribution in [3.8, 4) is 0 Å². The van der Waals surface area contributed by atoms with Gasteiger partial charge in [0.1, 0.15) is 24.1 Å². The maximum atomic E-state index is 12.5. The van der Waals surface area contributed by atoms with Gasteiger partial charge in [-0.05, 0) is 12.8 Å². The minimum atomic E-state index is -0.283. The molecular formula is C17H21N7O2. The highest BCUT2D eigenvalue weighted by atomic mass is 16.2. The molecule has 0 aliphatic heterocycles. The van der Waals surface area contributed by atoms with Crippen LogP contribution in [0.25, 0.3) is 11.0 Å². The molecule has 1 aliphatic carbocycles. The lowest BCUT2D eigenvalue weighted by Crippen LogP contribution is -2.29. The third-order valence-corrected chi connectivity index (χ3v) is 4.89. The van der Waals surface area contributed by atoms with Crippen LogP contribution in [0.1, 0.15) is 38.1 Å². The molecule has 0 atom stereocenters. The molecule has 4 rings (SSSR count). The SMILES string of the molecule is Cn1ncc2c(=O)n(CC(=O)Nc3ccnn3C3CCCCC3)cnc21. The summed E-state index contributed by atoms with van der Waals surface area (Å²) in [5.41, 5.74) is 0.223. The maximum Gasteiger partial charge on any atom is 0.264 e. The van der Waals surface area contributed by atoms with E-state index in [0.717, 1.165) is 12.8 Å². The van der Waals surface area contributed by atoms with E-state index in [1.807, 2.05) is 4.68 Å². The van der Waals surface area contributed by atoms with Crippen molar-refractivity contribution in [2.24, 2.45) is 7.05 Å². The summed E-state index contributed by atoms with van der Waals surface area (Å²) in [5.74, 6) is 0.389. The number of amides is 1. The fourth-order valence-corrected chi connectivity index (χ4v) is 3.55. The number of carbonyl (C=O) groups excluding carboxylic acids is 1. The van der Waals surface area contributed by atoms with Crippen molar-refractivity contribution in [2.75, 3.05) is 5.32 Å². The summed E-state index contributed by atoms with van der Waals surface area (Å²) in [5, 5.41) is 11.7. The first-order valence-electron chi connectivity index (χ1n) is 8.84. The van der Waals surface area contributed by atoms with Gasteiger partial charge in [-0.3, -0.25) is 18.8 Å². The largest absolute Gasteiger partial charge is 0.309 e. The summed E-state index contributed by atoms with van der Waals surface area (Å²) in [7, 11) is 1.72. The normalized spacial score (nSPS) is 15.4. The Morgan fingerprint density at radius 1 is 1.27 bits per heavy atom. The van der Waals surface area contributed by atoms with Gasteiger partial charge in [0.2, 0.25) is 5.91 Å². The van der Waals surface area contributed by atoms with Gasteiger partial charge < -0.3 is 5.32 Å². The van der Waals surface area contributed by atoms with Crippen molar-refractivity contribution in [3.63, 3.8) is 0 Å². The maximum absolute atomic E-state index is 12.5. The Bertz CT molecular complexity index is 994. The molecule has 9 heteroatoms. The van der Waals surface area contributed by atoms with Crippen LogP contribution in [0.15, 0.2) is 29.6 Å². The molecule has 0 saturated heterocycles. The van der Waals surface area contributed by atoms with Gasteiger partial charge in [-0.25, -0.2) is 9.67 Å². The summed E-state index contributed by atoms with van der Waals surface area (Å²) in [6.45, 7) is -0.105. The summed E-state index contributed by atoms with van der Waals surface area (Å²) in [4.78, 5) is 29.1. The third-order valence-electron chi connectivity index (χ3n) is 4.89. The molecule has 0 unspecified atom stereocenters. The lowest BCUT2D eigenvalue weighted by molar-refractivity contribution is -0.116. The summed E-state index contributed by atoms with van der Waals surface area (Å²) in [6, 6.07) is 2.11. The number of hydrogen-bond donors (Lipinski definition) is 1. The molecule has 1 amide bonds. The predicted octanol–water partition coefficient (Wildman–Crippen LogP) is 1.47. The minimum Gasteiger partial charge on any atom is -0.309 e. The number of rotatable bonds is 4. The first-order valence-corrected chi connectivity index (χ1v) is 8.84. The van der Waals surface area contributed by atoms with Crippen molar-refractivity contribution in [2.45, 2.75) is 44.7 Å². The highest BCUT2D eigenvalue weighted by Gasteiger charge is 2.19. The number of aromatic nitrogens is 6. The quantitative estimate of drug-likeness (QED) is 0.764. The van der Waals surface area contributed by atoms with E-state index in [0.29, 0.717) is 22.9 Å². The third kappa shape index (κ3) is 3.00. The molecule has 0 bridgehead atoms. The molecule has 1 aliphatic rings. The lowest BCUT2D eigenvalue weighted by Gasteiger charge is -2.23. The van der Waals surface area contributed by atoms with Gasteiger partial charge >= 0.3 is 0 Å². The lowest BCUT2D eigenvalue weighted by atomic mass is 9.96. The molecule has 26 heavy (non-hydrogen) atoms. The number of hydrogen-bond acceptors (Lipinski definition) is 5. The standard InChI is InChI=1S/C17H21N7O2/c1-22-16-13(9-20-22)17(26)23(11-18-16)10-15(25)21-14-7-8-19-24(14)12-5-3-2-4-6-12/h7-9,11-12H,2-6,10H2,1H3,(H,21,25). The Labute approximate surface area is 149 Å². The van der Waals surface area contributed by atoms with Crippen LogP contribution >= 0.6 is 0 Å². The molecule has 1 fully saturated rings. The second-order valence-electron chi connectivity index (χ2n) is 6.68. The zero-order valence-corrected chi connectivity index (χ0v) is 14.6. The van der Waals surface area contributed by atoms with Crippen LogP contribution in [-0.2, 0) is 18.4 Å². The molecule has 0 spiro atoms. The number of aryl methyl sites for hydroxylation is 1. The molecular weight excluding hydrogens is 334 g/mol. The van der Waals surface area contributed by atoms with Crippen LogP contribution in [0.2, 0.25) is 0 Å². The van der Waals surface area contributed by atoms with E-state index >= 15 is 0 Å². The number of nitrogens with zero attached hydrogens (tertiary/aromatic N) is 6. The molecule has 1 N–H and O–H groups in total. The Morgan fingerprint density at radius 3 is 2.88 bits per heavy atom. The summed E-state index contributed by atoms with van der Waals surface area (Å²) >= 11 is 0. The molecule has 3 aromatic rings. The van der Waals surface area contributed by atoms with E-state index in [1.165, 1.54) is 41.0 Å². The molecule has 0 aromatic carbocycles. The highest BCUT2D eigenvalue weighted by Crippen LogP contribution is 2.29. The predicted molar refractivity (Wildman–Crippen MR) is 95.7 cm³/mol. The second-order valence-corrected chi connectivity index (χ2v) is 6.68. The molecule has 3 heterocycles. The van der Waals surface area contributed by atoms with Crippen molar-refractivity contribution >= 4 is 22.8 Å². The molecule has 1 saturated carbocycles. The molecule has 9 nitrogen and oxygen atoms in total. The first-order chi connectivity index (χ1) is 12.6. The van der Waals surface area contributed by atoms with E-state index in [-0.39, 0.29) is 18.0 Å². The Hall–Kier alpha value is -2.97. The zero-order chi connectivity index (χ0) is 18.1. The molecule has 136 valence electrons. The van der Waals surface area contributed by atoms with Crippen LogP contribution in [-0.4, -0.2) is 35.0 Å². The zero-order valence-electron chi connectivity index (χ0n) is 14.6. The Morgan fingerprint density at radius 2 is 2.08 bits per heavy atom. The van der Waals surface area contributed by atoms with E-state index in [9.17, 15) is 9.59 Å². The number of fused-ring (bicyclic) bond motifs is 1. The van der Waals surface area contributed by atoms with E-state index < -0.39 is 0 Å². The van der Waals surface area contributed by atoms with Crippen LogP contribution in [0.3, 0.4) is 0 Å². The second kappa shape index (κ2) is 6.74. The van der Waals surface area contributed by atoms with Gasteiger partial charge in [-0.1, -0.05) is 19.3 Å². The van der Waals surface area contributed by atoms with Crippen molar-refractivity contribution < 1.29 is 4.79 Å². The highest BCUT2D eigenvalue weighted by molar-refractivity contribution is 5.89. The van der Waals surface area contributed by atoms with Gasteiger partial charge in [0.15, 0.2) is 5.65 Å². The van der Waals surface area contributed by atoms with Gasteiger partial charge in [0.05, 0.1) is 18.4 Å². The van der Waals surface area contributed by atoms with E-state index in [4.69, 9.17) is 0 Å². The minimum absolute atomic E-state index is 0.105. The Kier molecular flexibility index (Phi) is 4.27. The number of carbonyl (C=O) groups is 1. The first kappa shape index (κ1) is 16.5. The summed E-state index contributed by atoms with van der Waals surface area (Å²) in [6.07, 6.45) is 10.3. The number of nitrogens with one attached hydrogen (secondary N) is 1.